The molecule has 8 heteroatoms. The number of urea groups is 1. The topological polar surface area (TPSA) is 61.4 Å². The quantitative estimate of drug-likeness (QED) is 0.660. The number of hydrogen-bond acceptors (Lipinski definition) is 3. The van der Waals surface area contributed by atoms with Crippen LogP contribution in [0.15, 0.2) is 29.2 Å². The molecule has 23 heavy (non-hydrogen) atoms. The number of carbonyl (C=O) groups excluding carboxylic acids is 1. The second-order valence-corrected chi connectivity index (χ2v) is 6.47. The van der Waals surface area contributed by atoms with Crippen LogP contribution < -0.4 is 10.6 Å². The maximum absolute atomic E-state index is 12.3. The van der Waals surface area contributed by atoms with Gasteiger partial charge in [0, 0.05) is 17.5 Å². The lowest BCUT2D eigenvalue weighted by Gasteiger charge is -2.18. The van der Waals surface area contributed by atoms with E-state index in [-0.39, 0.29) is 12.6 Å². The van der Waals surface area contributed by atoms with Crippen LogP contribution in [0.2, 0.25) is 0 Å². The Morgan fingerprint density at radius 1 is 1.35 bits per heavy atom. The van der Waals surface area contributed by atoms with Crippen molar-refractivity contribution in [2.45, 2.75) is 36.4 Å². The molecule has 1 aliphatic rings. The van der Waals surface area contributed by atoms with Crippen LogP contribution in [-0.4, -0.2) is 35.7 Å². The van der Waals surface area contributed by atoms with Crippen molar-refractivity contribution in [3.63, 3.8) is 0 Å². The summed E-state index contributed by atoms with van der Waals surface area (Å²) in [5, 5.41) is 14.4. The molecular weight excluding hydrogens is 329 g/mol. The molecule has 0 aromatic heterocycles. The third-order valence-corrected chi connectivity index (χ3v) is 4.61. The molecule has 1 fully saturated rings. The van der Waals surface area contributed by atoms with Crippen molar-refractivity contribution in [3.05, 3.63) is 24.3 Å². The number of nitrogens with one attached hydrogen (secondary N) is 2. The number of hydrogen-bond donors (Lipinski definition) is 3. The zero-order valence-corrected chi connectivity index (χ0v) is 13.2. The maximum Gasteiger partial charge on any atom is 0.398 e. The minimum absolute atomic E-state index is 0.0144. The number of anilines is 1. The summed E-state index contributed by atoms with van der Waals surface area (Å²) in [5.41, 5.74) is 0.345. The Kier molecular flexibility index (Phi) is 6.17. The minimum Gasteiger partial charge on any atom is -0.396 e. The highest BCUT2D eigenvalue weighted by Gasteiger charge is 2.32. The van der Waals surface area contributed by atoms with Gasteiger partial charge in [0.1, 0.15) is 0 Å². The molecule has 1 aromatic rings. The molecule has 0 saturated heterocycles. The zero-order valence-electron chi connectivity index (χ0n) is 12.4. The molecule has 1 saturated carbocycles. The minimum atomic E-state index is -4.27. The fraction of sp³-hybridized carbons (Fsp3) is 0.533. The van der Waals surface area contributed by atoms with Gasteiger partial charge in [-0.25, -0.2) is 4.79 Å². The van der Waals surface area contributed by atoms with Gasteiger partial charge in [-0.1, -0.05) is 12.1 Å². The number of benzene rings is 1. The van der Waals surface area contributed by atoms with E-state index in [1.165, 1.54) is 6.07 Å². The van der Waals surface area contributed by atoms with Gasteiger partial charge < -0.3 is 15.7 Å². The Morgan fingerprint density at radius 3 is 2.65 bits per heavy atom. The number of carbonyl (C=O) groups is 1. The van der Waals surface area contributed by atoms with Crippen molar-refractivity contribution in [1.82, 2.24) is 5.32 Å². The summed E-state index contributed by atoms with van der Waals surface area (Å²) in [6.45, 7) is -0.0144. The van der Waals surface area contributed by atoms with Crippen LogP contribution in [0.5, 0.6) is 0 Å². The van der Waals surface area contributed by atoms with Gasteiger partial charge in [-0.05, 0) is 37.3 Å². The van der Waals surface area contributed by atoms with Crippen molar-refractivity contribution in [1.29, 1.82) is 0 Å². The largest absolute Gasteiger partial charge is 0.398 e. The maximum atomic E-state index is 12.3. The normalized spacial score (nSPS) is 16.0. The molecule has 1 aromatic carbocycles. The van der Waals surface area contributed by atoms with E-state index < -0.39 is 18.0 Å². The first-order chi connectivity index (χ1) is 10.9. The van der Waals surface area contributed by atoms with Gasteiger partial charge in [0.15, 0.2) is 0 Å². The van der Waals surface area contributed by atoms with Crippen LogP contribution in [0.1, 0.15) is 19.3 Å². The fourth-order valence-corrected chi connectivity index (χ4v) is 3.01. The molecule has 0 spiro atoms. The molecular formula is C15H19F3N2O2S. The van der Waals surface area contributed by atoms with Crippen molar-refractivity contribution in [3.8, 4) is 0 Å². The molecule has 2 amide bonds. The van der Waals surface area contributed by atoms with Gasteiger partial charge >= 0.3 is 12.2 Å². The van der Waals surface area contributed by atoms with Crippen molar-refractivity contribution >= 4 is 23.5 Å². The predicted octanol–water partition coefficient (Wildman–Crippen LogP) is 3.62. The Labute approximate surface area is 136 Å². The molecule has 0 radical (unpaired) electrons. The summed E-state index contributed by atoms with van der Waals surface area (Å²) in [5.74, 6) is -0.634. The number of para-hydroxylation sites is 1. The Bertz CT molecular complexity index is 536. The SMILES string of the molecule is O=C(Nc1ccccc1SCC(F)(F)F)N[C@H](CCO)C1CC1. The molecule has 3 N–H and O–H groups in total. The summed E-state index contributed by atoms with van der Waals surface area (Å²) in [7, 11) is 0. The number of alkyl halides is 3. The third kappa shape index (κ3) is 6.31. The van der Waals surface area contributed by atoms with Gasteiger partial charge in [-0.3, -0.25) is 0 Å². The van der Waals surface area contributed by atoms with E-state index in [4.69, 9.17) is 5.11 Å². The Morgan fingerprint density at radius 2 is 2.04 bits per heavy atom. The number of aliphatic hydroxyl groups excluding tert-OH is 1. The molecule has 128 valence electrons. The van der Waals surface area contributed by atoms with E-state index in [0.717, 1.165) is 12.8 Å². The predicted molar refractivity (Wildman–Crippen MR) is 83.6 cm³/mol. The lowest BCUT2D eigenvalue weighted by atomic mass is 10.1. The highest BCUT2D eigenvalue weighted by atomic mass is 32.2. The van der Waals surface area contributed by atoms with Crippen molar-refractivity contribution in [2.75, 3.05) is 17.7 Å². The van der Waals surface area contributed by atoms with E-state index in [9.17, 15) is 18.0 Å². The van der Waals surface area contributed by atoms with Gasteiger partial charge in [-0.2, -0.15) is 13.2 Å². The van der Waals surface area contributed by atoms with Crippen LogP contribution in [0.4, 0.5) is 23.7 Å². The average molecular weight is 348 g/mol. The number of aliphatic hydroxyl groups is 1. The van der Waals surface area contributed by atoms with Gasteiger partial charge in [0.05, 0.1) is 11.4 Å². The number of halogens is 3. The van der Waals surface area contributed by atoms with Crippen LogP contribution in [-0.2, 0) is 0 Å². The molecule has 0 bridgehead atoms. The molecule has 4 nitrogen and oxygen atoms in total. The average Bonchev–Trinajstić information content (AvgIpc) is 3.29. The highest BCUT2D eigenvalue weighted by molar-refractivity contribution is 7.99. The lowest BCUT2D eigenvalue weighted by Crippen LogP contribution is -2.40. The fourth-order valence-electron chi connectivity index (χ4n) is 2.25. The molecule has 2 rings (SSSR count). The number of thioether (sulfide) groups is 1. The number of rotatable bonds is 7. The van der Waals surface area contributed by atoms with E-state index in [1.807, 2.05) is 0 Å². The summed E-state index contributed by atoms with van der Waals surface area (Å²) in [6, 6.07) is 5.82. The summed E-state index contributed by atoms with van der Waals surface area (Å²) >= 11 is 0.636. The summed E-state index contributed by atoms with van der Waals surface area (Å²) in [6.07, 6.45) is -1.76. The van der Waals surface area contributed by atoms with E-state index in [0.29, 0.717) is 34.7 Å². The third-order valence-electron chi connectivity index (χ3n) is 3.47. The van der Waals surface area contributed by atoms with E-state index in [1.54, 1.807) is 18.2 Å². The second-order valence-electron chi connectivity index (χ2n) is 5.45. The van der Waals surface area contributed by atoms with Crippen LogP contribution in [0.25, 0.3) is 0 Å². The zero-order chi connectivity index (χ0) is 16.9. The standard InChI is InChI=1S/C15H19F3N2O2S/c16-15(17,18)9-23-13-4-2-1-3-12(13)20-14(22)19-11(7-8-21)10-5-6-10/h1-4,10-11,21H,5-9H2,(H2,19,20,22)/t11-/m1/s1. The van der Waals surface area contributed by atoms with Crippen molar-refractivity contribution < 1.29 is 23.1 Å². The van der Waals surface area contributed by atoms with Gasteiger partial charge in [-0.15, -0.1) is 11.8 Å². The summed E-state index contributed by atoms with van der Waals surface area (Å²) in [4.78, 5) is 12.4. The Balaban J connectivity index is 1.94. The van der Waals surface area contributed by atoms with Crippen LogP contribution in [0.3, 0.4) is 0 Å². The first kappa shape index (κ1) is 17.9. The molecule has 0 heterocycles. The van der Waals surface area contributed by atoms with Gasteiger partial charge in [0.2, 0.25) is 0 Å². The first-order valence-electron chi connectivity index (χ1n) is 7.36. The molecule has 0 unspecified atom stereocenters. The van der Waals surface area contributed by atoms with E-state index >= 15 is 0 Å². The Hall–Kier alpha value is -1.41. The van der Waals surface area contributed by atoms with Crippen molar-refractivity contribution in [2.24, 2.45) is 5.92 Å². The molecule has 0 aliphatic heterocycles. The first-order valence-corrected chi connectivity index (χ1v) is 8.34. The molecule has 1 atom stereocenters. The highest BCUT2D eigenvalue weighted by Crippen LogP contribution is 2.34. The molecule has 1 aliphatic carbocycles. The smallest absolute Gasteiger partial charge is 0.396 e. The second kappa shape index (κ2) is 7.92. The van der Waals surface area contributed by atoms with Crippen LogP contribution >= 0.6 is 11.8 Å². The van der Waals surface area contributed by atoms with Gasteiger partial charge in [0.25, 0.3) is 0 Å². The lowest BCUT2D eigenvalue weighted by molar-refractivity contribution is -0.105. The van der Waals surface area contributed by atoms with E-state index in [2.05, 4.69) is 10.6 Å². The monoisotopic (exact) mass is 348 g/mol. The number of amides is 2. The summed E-state index contributed by atoms with van der Waals surface area (Å²) < 4.78 is 37.0. The van der Waals surface area contributed by atoms with Crippen LogP contribution in [0, 0.1) is 5.92 Å².